The van der Waals surface area contributed by atoms with Crippen LogP contribution in [0.3, 0.4) is 0 Å². The van der Waals surface area contributed by atoms with Crippen LogP contribution in [0.5, 0.6) is 5.75 Å². The van der Waals surface area contributed by atoms with Crippen molar-refractivity contribution in [3.05, 3.63) is 59.7 Å². The van der Waals surface area contributed by atoms with Gasteiger partial charge < -0.3 is 14.8 Å². The van der Waals surface area contributed by atoms with Gasteiger partial charge in [-0.25, -0.2) is 4.79 Å². The summed E-state index contributed by atoms with van der Waals surface area (Å²) in [7, 11) is 0. The number of ether oxygens (including phenoxy) is 2. The fourth-order valence-electron chi connectivity index (χ4n) is 1.96. The summed E-state index contributed by atoms with van der Waals surface area (Å²) in [5.41, 5.74) is 0.650. The molecule has 0 bridgehead atoms. The highest BCUT2D eigenvalue weighted by Crippen LogP contribution is 2.19. The maximum atomic E-state index is 12.1. The molecule has 1 N–H and O–H groups in total. The first-order valence-corrected chi connectivity index (χ1v) is 7.25. The van der Waals surface area contributed by atoms with Crippen LogP contribution in [0, 0.1) is 11.3 Å². The van der Waals surface area contributed by atoms with Gasteiger partial charge in [-0.3, -0.25) is 9.59 Å². The minimum atomic E-state index is -0.805. The van der Waals surface area contributed by atoms with Crippen LogP contribution < -0.4 is 10.1 Å². The minimum Gasteiger partial charge on any atom is -0.452 e. The van der Waals surface area contributed by atoms with E-state index in [2.05, 4.69) is 5.32 Å². The maximum Gasteiger partial charge on any atom is 0.342 e. The summed E-state index contributed by atoms with van der Waals surface area (Å²) >= 11 is 0. The Balaban J connectivity index is 1.99. The zero-order valence-corrected chi connectivity index (χ0v) is 13.3. The highest BCUT2D eigenvalue weighted by atomic mass is 16.5. The molecule has 0 heterocycles. The molecule has 2 rings (SSSR count). The van der Waals surface area contributed by atoms with Gasteiger partial charge in [0.15, 0.2) is 6.61 Å². The van der Waals surface area contributed by atoms with Crippen molar-refractivity contribution < 1.29 is 23.9 Å². The second-order valence-corrected chi connectivity index (χ2v) is 4.87. The number of nitriles is 1. The zero-order chi connectivity index (χ0) is 18.2. The molecule has 0 aromatic heterocycles. The topological polar surface area (TPSA) is 105 Å². The van der Waals surface area contributed by atoms with Crippen LogP contribution in [0.4, 0.5) is 5.69 Å². The maximum absolute atomic E-state index is 12.1. The van der Waals surface area contributed by atoms with E-state index in [9.17, 15) is 14.4 Å². The Bertz CT molecular complexity index is 855. The number of carbonyl (C=O) groups excluding carboxylic acids is 3. The summed E-state index contributed by atoms with van der Waals surface area (Å²) in [6.45, 7) is 0.662. The van der Waals surface area contributed by atoms with Crippen molar-refractivity contribution in [1.29, 1.82) is 5.26 Å². The van der Waals surface area contributed by atoms with E-state index in [4.69, 9.17) is 14.7 Å². The number of anilines is 1. The molecular formula is C18H14N2O5. The summed E-state index contributed by atoms with van der Waals surface area (Å²) in [6.07, 6.45) is 0. The van der Waals surface area contributed by atoms with Crippen molar-refractivity contribution in [2.45, 2.75) is 6.92 Å². The van der Waals surface area contributed by atoms with Crippen LogP contribution in [0.1, 0.15) is 22.8 Å². The smallest absolute Gasteiger partial charge is 0.342 e. The van der Waals surface area contributed by atoms with E-state index in [1.807, 2.05) is 6.07 Å². The molecule has 0 radical (unpaired) electrons. The van der Waals surface area contributed by atoms with Gasteiger partial charge in [0.2, 0.25) is 0 Å². The first-order chi connectivity index (χ1) is 12.0. The van der Waals surface area contributed by atoms with Gasteiger partial charge in [-0.05, 0) is 24.3 Å². The minimum absolute atomic E-state index is 0.0305. The van der Waals surface area contributed by atoms with Crippen molar-refractivity contribution in [2.75, 3.05) is 11.9 Å². The monoisotopic (exact) mass is 338 g/mol. The van der Waals surface area contributed by atoms with Crippen molar-refractivity contribution in [3.8, 4) is 11.8 Å². The second kappa shape index (κ2) is 8.26. The molecule has 0 unspecified atom stereocenters. The molecule has 1 amide bonds. The van der Waals surface area contributed by atoms with Crippen LogP contribution in [-0.4, -0.2) is 24.5 Å². The molecule has 0 aliphatic carbocycles. The molecule has 126 valence electrons. The Labute approximate surface area is 143 Å². The normalized spacial score (nSPS) is 9.60. The Morgan fingerprint density at radius 3 is 2.48 bits per heavy atom. The number of nitrogens with one attached hydrogen (secondary N) is 1. The number of nitrogens with zero attached hydrogens (tertiary/aromatic N) is 1. The van der Waals surface area contributed by atoms with Gasteiger partial charge >= 0.3 is 11.9 Å². The molecule has 25 heavy (non-hydrogen) atoms. The van der Waals surface area contributed by atoms with Crippen LogP contribution in [0.15, 0.2) is 48.5 Å². The third-order valence-corrected chi connectivity index (χ3v) is 3.02. The third kappa shape index (κ3) is 4.91. The standard InChI is InChI=1S/C18H14N2O5/c1-12(21)25-16-9-5-3-7-14(16)18(23)24-11-17(22)20-15-8-4-2-6-13(15)10-19/h2-9H,11H2,1H3,(H,20,22). The molecule has 0 saturated carbocycles. The largest absolute Gasteiger partial charge is 0.452 e. The SMILES string of the molecule is CC(=O)Oc1ccccc1C(=O)OCC(=O)Nc1ccccc1C#N. The quantitative estimate of drug-likeness (QED) is 0.662. The van der Waals surface area contributed by atoms with Crippen LogP contribution >= 0.6 is 0 Å². The third-order valence-electron chi connectivity index (χ3n) is 3.02. The Morgan fingerprint density at radius 2 is 1.76 bits per heavy atom. The lowest BCUT2D eigenvalue weighted by Crippen LogP contribution is -2.21. The summed E-state index contributed by atoms with van der Waals surface area (Å²) in [4.78, 5) is 35.0. The van der Waals surface area contributed by atoms with Gasteiger partial charge in [0.25, 0.3) is 5.91 Å². The first-order valence-electron chi connectivity index (χ1n) is 7.25. The number of hydrogen-bond donors (Lipinski definition) is 1. The summed E-state index contributed by atoms with van der Waals surface area (Å²) in [6, 6.07) is 14.4. The molecule has 2 aromatic rings. The lowest BCUT2D eigenvalue weighted by Gasteiger charge is -2.10. The van der Waals surface area contributed by atoms with E-state index in [1.165, 1.54) is 19.1 Å². The van der Waals surface area contributed by atoms with E-state index < -0.39 is 24.5 Å². The van der Waals surface area contributed by atoms with Crippen molar-refractivity contribution in [3.63, 3.8) is 0 Å². The van der Waals surface area contributed by atoms with Crippen LogP contribution in [0.25, 0.3) is 0 Å². The number of hydrogen-bond acceptors (Lipinski definition) is 6. The molecule has 0 aliphatic heterocycles. The summed E-state index contributed by atoms with van der Waals surface area (Å²) in [5, 5.41) is 11.5. The molecule has 7 nitrogen and oxygen atoms in total. The number of amides is 1. The van der Waals surface area contributed by atoms with Gasteiger partial charge in [0, 0.05) is 6.92 Å². The van der Waals surface area contributed by atoms with E-state index >= 15 is 0 Å². The Morgan fingerprint density at radius 1 is 1.08 bits per heavy atom. The molecular weight excluding hydrogens is 324 g/mol. The van der Waals surface area contributed by atoms with E-state index in [0.29, 0.717) is 11.3 Å². The zero-order valence-electron chi connectivity index (χ0n) is 13.3. The summed E-state index contributed by atoms with van der Waals surface area (Å²) in [5.74, 6) is -1.93. The van der Waals surface area contributed by atoms with Crippen molar-refractivity contribution in [2.24, 2.45) is 0 Å². The van der Waals surface area contributed by atoms with Crippen LogP contribution in [0.2, 0.25) is 0 Å². The number of carbonyl (C=O) groups is 3. The van der Waals surface area contributed by atoms with Crippen molar-refractivity contribution >= 4 is 23.5 Å². The molecule has 0 spiro atoms. The van der Waals surface area contributed by atoms with Gasteiger partial charge in [0.1, 0.15) is 17.4 Å². The van der Waals surface area contributed by atoms with Crippen LogP contribution in [-0.2, 0) is 14.3 Å². The fourth-order valence-corrected chi connectivity index (χ4v) is 1.96. The Hall–Kier alpha value is -3.66. The molecule has 0 saturated heterocycles. The van der Waals surface area contributed by atoms with Gasteiger partial charge in [0.05, 0.1) is 11.3 Å². The van der Waals surface area contributed by atoms with E-state index in [0.717, 1.165) is 0 Å². The van der Waals surface area contributed by atoms with Crippen molar-refractivity contribution in [1.82, 2.24) is 0 Å². The number of esters is 2. The highest BCUT2D eigenvalue weighted by molar-refractivity contribution is 5.97. The number of para-hydroxylation sites is 2. The van der Waals surface area contributed by atoms with E-state index in [-0.39, 0.29) is 11.3 Å². The average molecular weight is 338 g/mol. The lowest BCUT2D eigenvalue weighted by atomic mass is 10.2. The second-order valence-electron chi connectivity index (χ2n) is 4.87. The molecule has 0 fully saturated rings. The molecule has 7 heteroatoms. The van der Waals surface area contributed by atoms with Gasteiger partial charge in [-0.15, -0.1) is 0 Å². The number of benzene rings is 2. The number of rotatable bonds is 5. The van der Waals surface area contributed by atoms with E-state index in [1.54, 1.807) is 36.4 Å². The first kappa shape index (κ1) is 17.7. The van der Waals surface area contributed by atoms with Gasteiger partial charge in [-0.2, -0.15) is 5.26 Å². The highest BCUT2D eigenvalue weighted by Gasteiger charge is 2.16. The lowest BCUT2D eigenvalue weighted by molar-refractivity contribution is -0.132. The predicted molar refractivity (Wildman–Crippen MR) is 87.8 cm³/mol. The molecule has 0 atom stereocenters. The molecule has 2 aromatic carbocycles. The predicted octanol–water partition coefficient (Wildman–Crippen LogP) is 2.28. The Kier molecular flexibility index (Phi) is 5.85. The average Bonchev–Trinajstić information content (AvgIpc) is 2.60. The summed E-state index contributed by atoms with van der Waals surface area (Å²) < 4.78 is 9.86. The fraction of sp³-hybridized carbons (Fsp3) is 0.111. The van der Waals surface area contributed by atoms with Gasteiger partial charge in [-0.1, -0.05) is 24.3 Å². The molecule has 0 aliphatic rings.